The van der Waals surface area contributed by atoms with Crippen LogP contribution in [0.3, 0.4) is 0 Å². The smallest absolute Gasteiger partial charge is 0.330 e. The van der Waals surface area contributed by atoms with Crippen molar-refractivity contribution >= 4 is 5.97 Å². The van der Waals surface area contributed by atoms with E-state index in [0.29, 0.717) is 0 Å². The Morgan fingerprint density at radius 3 is 1.86 bits per heavy atom. The van der Waals surface area contributed by atoms with Crippen molar-refractivity contribution in [1.82, 2.24) is 0 Å². The summed E-state index contributed by atoms with van der Waals surface area (Å²) in [6.45, 7) is 2.28. The van der Waals surface area contributed by atoms with Gasteiger partial charge in [0.2, 0.25) is 0 Å². The van der Waals surface area contributed by atoms with Gasteiger partial charge in [0.25, 0.3) is 0 Å². The molecule has 1 aliphatic heterocycles. The second kappa shape index (κ2) is 13.8. The van der Waals surface area contributed by atoms with Crippen LogP contribution in [0.1, 0.15) is 103 Å². The standard InChI is InChI=1S/C20H36O2/c1-2-3-4-5-6-7-8-9-10-11-12-13-14-16-19-17-15-18-20(21)22-19/h15,18-19H,2-14,16-17H2,1H3. The van der Waals surface area contributed by atoms with Crippen LogP contribution < -0.4 is 0 Å². The quantitative estimate of drug-likeness (QED) is 0.276. The molecule has 22 heavy (non-hydrogen) atoms. The molecule has 0 aromatic rings. The average molecular weight is 309 g/mol. The van der Waals surface area contributed by atoms with Crippen molar-refractivity contribution in [3.05, 3.63) is 12.2 Å². The van der Waals surface area contributed by atoms with E-state index >= 15 is 0 Å². The molecule has 1 atom stereocenters. The van der Waals surface area contributed by atoms with Crippen molar-refractivity contribution in [3.63, 3.8) is 0 Å². The first-order valence-corrected chi connectivity index (χ1v) is 9.70. The Labute approximate surface area is 137 Å². The van der Waals surface area contributed by atoms with Gasteiger partial charge in [-0.25, -0.2) is 4.79 Å². The number of carbonyl (C=O) groups is 1. The first-order valence-electron chi connectivity index (χ1n) is 9.70. The fourth-order valence-corrected chi connectivity index (χ4v) is 3.13. The van der Waals surface area contributed by atoms with Gasteiger partial charge in [0.1, 0.15) is 6.10 Å². The maximum Gasteiger partial charge on any atom is 0.330 e. The minimum Gasteiger partial charge on any atom is -0.459 e. The summed E-state index contributed by atoms with van der Waals surface area (Å²) in [7, 11) is 0. The molecule has 0 aliphatic carbocycles. The van der Waals surface area contributed by atoms with Gasteiger partial charge in [-0.15, -0.1) is 0 Å². The average Bonchev–Trinajstić information content (AvgIpc) is 2.52. The molecule has 2 heteroatoms. The summed E-state index contributed by atoms with van der Waals surface area (Å²) < 4.78 is 5.27. The van der Waals surface area contributed by atoms with Crippen LogP contribution in [-0.4, -0.2) is 12.1 Å². The van der Waals surface area contributed by atoms with E-state index in [0.717, 1.165) is 12.8 Å². The van der Waals surface area contributed by atoms with Crippen LogP contribution in [0, 0.1) is 0 Å². The Bertz CT molecular complexity index is 296. The topological polar surface area (TPSA) is 26.3 Å². The second-order valence-corrected chi connectivity index (χ2v) is 6.73. The van der Waals surface area contributed by atoms with Crippen LogP contribution in [0.5, 0.6) is 0 Å². The molecule has 0 amide bonds. The van der Waals surface area contributed by atoms with Gasteiger partial charge in [0.15, 0.2) is 0 Å². The third kappa shape index (κ3) is 10.9. The molecule has 1 unspecified atom stereocenters. The number of ether oxygens (including phenoxy) is 1. The van der Waals surface area contributed by atoms with Crippen molar-refractivity contribution < 1.29 is 9.53 Å². The molecular weight excluding hydrogens is 272 g/mol. The molecule has 0 N–H and O–H groups in total. The predicted molar refractivity (Wildman–Crippen MR) is 93.9 cm³/mol. The Kier molecular flexibility index (Phi) is 12.1. The zero-order valence-electron chi connectivity index (χ0n) is 14.7. The summed E-state index contributed by atoms with van der Waals surface area (Å²) in [5.41, 5.74) is 0. The number of esters is 1. The largest absolute Gasteiger partial charge is 0.459 e. The van der Waals surface area contributed by atoms with Crippen molar-refractivity contribution in [2.24, 2.45) is 0 Å². The molecule has 1 heterocycles. The lowest BCUT2D eigenvalue weighted by Crippen LogP contribution is -2.19. The highest BCUT2D eigenvalue weighted by molar-refractivity contribution is 5.82. The van der Waals surface area contributed by atoms with E-state index in [1.807, 2.05) is 6.08 Å². The van der Waals surface area contributed by atoms with E-state index in [9.17, 15) is 4.79 Å². The number of rotatable bonds is 14. The first kappa shape index (κ1) is 19.3. The maximum atomic E-state index is 11.1. The van der Waals surface area contributed by atoms with Crippen molar-refractivity contribution in [3.8, 4) is 0 Å². The number of cyclic esters (lactones) is 1. The van der Waals surface area contributed by atoms with E-state index in [-0.39, 0.29) is 12.1 Å². The summed E-state index contributed by atoms with van der Waals surface area (Å²) in [4.78, 5) is 11.1. The molecule has 0 fully saturated rings. The van der Waals surface area contributed by atoms with Crippen LogP contribution in [0.15, 0.2) is 12.2 Å². The molecular formula is C20H36O2. The summed E-state index contributed by atoms with van der Waals surface area (Å²) in [6.07, 6.45) is 23.5. The fourth-order valence-electron chi connectivity index (χ4n) is 3.13. The number of hydrogen-bond acceptors (Lipinski definition) is 2. The van der Waals surface area contributed by atoms with E-state index < -0.39 is 0 Å². The van der Waals surface area contributed by atoms with E-state index in [1.54, 1.807) is 6.08 Å². The zero-order valence-corrected chi connectivity index (χ0v) is 14.7. The third-order valence-corrected chi connectivity index (χ3v) is 4.57. The number of unbranched alkanes of at least 4 members (excludes halogenated alkanes) is 12. The summed E-state index contributed by atoms with van der Waals surface area (Å²) >= 11 is 0. The molecule has 0 saturated carbocycles. The van der Waals surface area contributed by atoms with E-state index in [4.69, 9.17) is 4.74 Å². The Balaban J connectivity index is 1.75. The van der Waals surface area contributed by atoms with Gasteiger partial charge >= 0.3 is 5.97 Å². The van der Waals surface area contributed by atoms with Crippen molar-refractivity contribution in [2.75, 3.05) is 0 Å². The predicted octanol–water partition coefficient (Wildman–Crippen LogP) is 6.34. The number of carbonyl (C=O) groups excluding carboxylic acids is 1. The molecule has 128 valence electrons. The summed E-state index contributed by atoms with van der Waals surface area (Å²) in [6, 6.07) is 0. The second-order valence-electron chi connectivity index (χ2n) is 6.73. The van der Waals surface area contributed by atoms with Gasteiger partial charge in [-0.05, 0) is 12.8 Å². The molecule has 1 aliphatic rings. The van der Waals surface area contributed by atoms with Crippen LogP contribution in [0.4, 0.5) is 0 Å². The lowest BCUT2D eigenvalue weighted by atomic mass is 10.0. The van der Waals surface area contributed by atoms with Crippen LogP contribution in [0.2, 0.25) is 0 Å². The highest BCUT2D eigenvalue weighted by Crippen LogP contribution is 2.17. The molecule has 2 nitrogen and oxygen atoms in total. The van der Waals surface area contributed by atoms with Gasteiger partial charge in [0.05, 0.1) is 0 Å². The molecule has 0 spiro atoms. The molecule has 0 aromatic carbocycles. The van der Waals surface area contributed by atoms with Gasteiger partial charge in [-0.2, -0.15) is 0 Å². The highest BCUT2D eigenvalue weighted by Gasteiger charge is 2.14. The minimum absolute atomic E-state index is 0.144. The third-order valence-electron chi connectivity index (χ3n) is 4.57. The van der Waals surface area contributed by atoms with Crippen molar-refractivity contribution in [2.45, 2.75) is 109 Å². The maximum absolute atomic E-state index is 11.1. The Morgan fingerprint density at radius 2 is 1.36 bits per heavy atom. The molecule has 0 saturated heterocycles. The van der Waals surface area contributed by atoms with Gasteiger partial charge < -0.3 is 4.74 Å². The SMILES string of the molecule is CCCCCCCCCCCCCCCC1CC=CC(=O)O1. The molecule has 1 rings (SSSR count). The zero-order chi connectivity index (χ0) is 15.9. The summed E-state index contributed by atoms with van der Waals surface area (Å²) in [5, 5.41) is 0. The normalized spacial score (nSPS) is 17.7. The minimum atomic E-state index is -0.161. The molecule has 0 aromatic heterocycles. The first-order chi connectivity index (χ1) is 10.8. The van der Waals surface area contributed by atoms with Crippen molar-refractivity contribution in [1.29, 1.82) is 0 Å². The van der Waals surface area contributed by atoms with Crippen LogP contribution in [0.25, 0.3) is 0 Å². The lowest BCUT2D eigenvalue weighted by molar-refractivity contribution is -0.144. The monoisotopic (exact) mass is 308 g/mol. The van der Waals surface area contributed by atoms with Gasteiger partial charge in [-0.3, -0.25) is 0 Å². The Morgan fingerprint density at radius 1 is 0.864 bits per heavy atom. The molecule has 0 radical (unpaired) electrons. The fraction of sp³-hybridized carbons (Fsp3) is 0.850. The number of hydrogen-bond donors (Lipinski definition) is 0. The lowest BCUT2D eigenvalue weighted by Gasteiger charge is -2.18. The van der Waals surface area contributed by atoms with Crippen LogP contribution in [-0.2, 0) is 9.53 Å². The summed E-state index contributed by atoms with van der Waals surface area (Å²) in [5.74, 6) is -0.161. The van der Waals surface area contributed by atoms with Gasteiger partial charge in [-0.1, -0.05) is 90.0 Å². The molecule has 0 bridgehead atoms. The van der Waals surface area contributed by atoms with E-state index in [2.05, 4.69) is 6.92 Å². The Hall–Kier alpha value is -0.790. The van der Waals surface area contributed by atoms with E-state index in [1.165, 1.54) is 83.5 Å². The highest BCUT2D eigenvalue weighted by atomic mass is 16.5. The van der Waals surface area contributed by atoms with Gasteiger partial charge in [0, 0.05) is 12.5 Å². The van der Waals surface area contributed by atoms with Crippen LogP contribution >= 0.6 is 0 Å².